The Balaban J connectivity index is 1.28. The van der Waals surface area contributed by atoms with Crippen LogP contribution in [0.1, 0.15) is 38.4 Å². The normalized spacial score (nSPS) is 12.8. The van der Waals surface area contributed by atoms with Crippen LogP contribution in [0.15, 0.2) is 54.7 Å². The molecule has 1 N–H and O–H groups in total. The molecular weight excluding hydrogens is 390 g/mol. The summed E-state index contributed by atoms with van der Waals surface area (Å²) < 4.78 is 13.6. The van der Waals surface area contributed by atoms with E-state index in [2.05, 4.69) is 16.1 Å². The summed E-state index contributed by atoms with van der Waals surface area (Å²) in [6.07, 6.45) is 6.58. The van der Waals surface area contributed by atoms with E-state index >= 15 is 0 Å². The number of para-hydroxylation sites is 2. The number of hydrogen-bond acceptors (Lipinski definition) is 4. The third-order valence-corrected chi connectivity index (χ3v) is 5.31. The molecule has 3 aromatic rings. The molecule has 0 radical (unpaired) electrons. The van der Waals surface area contributed by atoms with Crippen molar-refractivity contribution in [2.24, 2.45) is 0 Å². The van der Waals surface area contributed by atoms with Crippen molar-refractivity contribution in [3.8, 4) is 22.8 Å². The van der Waals surface area contributed by atoms with Gasteiger partial charge in [0, 0.05) is 36.8 Å². The first kappa shape index (κ1) is 21.0. The summed E-state index contributed by atoms with van der Waals surface area (Å²) in [6, 6.07) is 15.5. The summed E-state index contributed by atoms with van der Waals surface area (Å²) >= 11 is 0. The van der Waals surface area contributed by atoms with Gasteiger partial charge in [-0.15, -0.1) is 0 Å². The summed E-state index contributed by atoms with van der Waals surface area (Å²) in [7, 11) is 0. The maximum Gasteiger partial charge on any atom is 0.224 e. The van der Waals surface area contributed by atoms with Crippen molar-refractivity contribution in [2.45, 2.75) is 45.6 Å². The lowest BCUT2D eigenvalue weighted by Gasteiger charge is -2.11. The second kappa shape index (κ2) is 10.2. The summed E-state index contributed by atoms with van der Waals surface area (Å²) in [5.41, 5.74) is 2.78. The van der Waals surface area contributed by atoms with Crippen LogP contribution < -0.4 is 14.8 Å². The molecular formula is C25H29N3O3. The highest BCUT2D eigenvalue weighted by molar-refractivity contribution is 5.91. The molecule has 2 aromatic carbocycles. The highest BCUT2D eigenvalue weighted by atomic mass is 16.5. The van der Waals surface area contributed by atoms with Crippen LogP contribution in [0.2, 0.25) is 0 Å². The lowest BCUT2D eigenvalue weighted by atomic mass is 10.1. The van der Waals surface area contributed by atoms with Gasteiger partial charge in [0.05, 0.1) is 18.9 Å². The topological polar surface area (TPSA) is 65.4 Å². The number of fused-ring (bicyclic) bond motifs is 1. The second-order valence-electron chi connectivity index (χ2n) is 7.65. The van der Waals surface area contributed by atoms with E-state index in [0.717, 1.165) is 41.5 Å². The van der Waals surface area contributed by atoms with Crippen molar-refractivity contribution in [3.63, 3.8) is 0 Å². The van der Waals surface area contributed by atoms with Gasteiger partial charge in [-0.2, -0.15) is 0 Å². The Morgan fingerprint density at radius 3 is 2.74 bits per heavy atom. The average Bonchev–Trinajstić information content (AvgIpc) is 3.23. The number of benzene rings is 2. The van der Waals surface area contributed by atoms with E-state index in [0.29, 0.717) is 31.8 Å². The Kier molecular flexibility index (Phi) is 6.87. The van der Waals surface area contributed by atoms with Gasteiger partial charge in [0.25, 0.3) is 0 Å². The quantitative estimate of drug-likeness (QED) is 0.491. The number of carbonyl (C=O) groups excluding carboxylic acids is 1. The number of nitrogens with one attached hydrogen (secondary N) is 1. The molecule has 0 atom stereocenters. The summed E-state index contributed by atoms with van der Waals surface area (Å²) in [6.45, 7) is 4.02. The SMILES string of the molecule is CCOc1ccccc1OCCCC(=O)Nc1cccc(-c2cn3c(n2)CCCC3)c1. The molecule has 162 valence electrons. The van der Waals surface area contributed by atoms with Gasteiger partial charge in [-0.3, -0.25) is 4.79 Å². The lowest BCUT2D eigenvalue weighted by Crippen LogP contribution is -2.13. The Labute approximate surface area is 183 Å². The van der Waals surface area contributed by atoms with E-state index < -0.39 is 0 Å². The number of aryl methyl sites for hydroxylation is 2. The van der Waals surface area contributed by atoms with Crippen molar-refractivity contribution in [2.75, 3.05) is 18.5 Å². The Hall–Kier alpha value is -3.28. The number of nitrogens with zero attached hydrogens (tertiary/aromatic N) is 2. The van der Waals surface area contributed by atoms with Crippen molar-refractivity contribution in [1.82, 2.24) is 9.55 Å². The first-order valence-electron chi connectivity index (χ1n) is 11.0. The van der Waals surface area contributed by atoms with Crippen LogP contribution in [0.25, 0.3) is 11.3 Å². The van der Waals surface area contributed by atoms with Crippen molar-refractivity contribution in [1.29, 1.82) is 0 Å². The smallest absolute Gasteiger partial charge is 0.224 e. The minimum absolute atomic E-state index is 0.0250. The van der Waals surface area contributed by atoms with E-state index in [1.807, 2.05) is 55.5 Å². The molecule has 1 aliphatic heterocycles. The van der Waals surface area contributed by atoms with Crippen LogP contribution in [-0.4, -0.2) is 28.7 Å². The molecule has 2 heterocycles. The minimum Gasteiger partial charge on any atom is -0.490 e. The van der Waals surface area contributed by atoms with Crippen molar-refractivity contribution in [3.05, 3.63) is 60.6 Å². The van der Waals surface area contributed by atoms with Crippen molar-refractivity contribution < 1.29 is 14.3 Å². The molecule has 0 saturated carbocycles. The first-order valence-corrected chi connectivity index (χ1v) is 11.0. The number of amides is 1. The number of ether oxygens (including phenoxy) is 2. The molecule has 1 aliphatic rings. The molecule has 31 heavy (non-hydrogen) atoms. The van der Waals surface area contributed by atoms with Gasteiger partial charge >= 0.3 is 0 Å². The van der Waals surface area contributed by atoms with Gasteiger partial charge in [-0.05, 0) is 50.5 Å². The minimum atomic E-state index is -0.0250. The second-order valence-corrected chi connectivity index (χ2v) is 7.65. The zero-order chi connectivity index (χ0) is 21.5. The molecule has 6 nitrogen and oxygen atoms in total. The highest BCUT2D eigenvalue weighted by Crippen LogP contribution is 2.27. The van der Waals surface area contributed by atoms with Gasteiger partial charge in [0.1, 0.15) is 5.82 Å². The van der Waals surface area contributed by atoms with Crippen LogP contribution in [0.3, 0.4) is 0 Å². The fraction of sp³-hybridized carbons (Fsp3) is 0.360. The first-order chi connectivity index (χ1) is 15.2. The highest BCUT2D eigenvalue weighted by Gasteiger charge is 2.13. The number of imidazole rings is 1. The van der Waals surface area contributed by atoms with E-state index in [4.69, 9.17) is 14.5 Å². The van der Waals surface area contributed by atoms with Gasteiger partial charge in [0.15, 0.2) is 11.5 Å². The Bertz CT molecular complexity index is 1000. The molecule has 0 bridgehead atoms. The third-order valence-electron chi connectivity index (χ3n) is 5.31. The number of anilines is 1. The van der Waals surface area contributed by atoms with Crippen LogP contribution >= 0.6 is 0 Å². The van der Waals surface area contributed by atoms with Gasteiger partial charge in [-0.25, -0.2) is 4.98 Å². The predicted octanol–water partition coefficient (Wildman–Crippen LogP) is 5.08. The molecule has 0 fully saturated rings. The zero-order valence-corrected chi connectivity index (χ0v) is 18.0. The maximum atomic E-state index is 12.4. The fourth-order valence-corrected chi connectivity index (χ4v) is 3.79. The number of aromatic nitrogens is 2. The van der Waals surface area contributed by atoms with Gasteiger partial charge < -0.3 is 19.4 Å². The van der Waals surface area contributed by atoms with E-state index in [-0.39, 0.29) is 5.91 Å². The largest absolute Gasteiger partial charge is 0.490 e. The fourth-order valence-electron chi connectivity index (χ4n) is 3.79. The summed E-state index contributed by atoms with van der Waals surface area (Å²) in [5.74, 6) is 2.57. The maximum absolute atomic E-state index is 12.4. The Morgan fingerprint density at radius 1 is 1.10 bits per heavy atom. The molecule has 0 saturated heterocycles. The summed E-state index contributed by atoms with van der Waals surface area (Å²) in [5, 5.41) is 2.99. The van der Waals surface area contributed by atoms with Crippen LogP contribution in [0.5, 0.6) is 11.5 Å². The van der Waals surface area contributed by atoms with Gasteiger partial charge in [-0.1, -0.05) is 24.3 Å². The van der Waals surface area contributed by atoms with Crippen LogP contribution in [0, 0.1) is 0 Å². The van der Waals surface area contributed by atoms with E-state index in [1.165, 1.54) is 12.8 Å². The van der Waals surface area contributed by atoms with Crippen molar-refractivity contribution >= 4 is 11.6 Å². The monoisotopic (exact) mass is 419 g/mol. The van der Waals surface area contributed by atoms with E-state index in [1.54, 1.807) is 0 Å². The summed E-state index contributed by atoms with van der Waals surface area (Å²) in [4.78, 5) is 17.2. The molecule has 6 heteroatoms. The number of carbonyl (C=O) groups is 1. The lowest BCUT2D eigenvalue weighted by molar-refractivity contribution is -0.116. The third kappa shape index (κ3) is 5.45. The molecule has 4 rings (SSSR count). The molecule has 1 amide bonds. The van der Waals surface area contributed by atoms with E-state index in [9.17, 15) is 4.79 Å². The van der Waals surface area contributed by atoms with Crippen LogP contribution in [0.4, 0.5) is 5.69 Å². The molecule has 0 spiro atoms. The number of rotatable bonds is 9. The molecule has 1 aromatic heterocycles. The average molecular weight is 420 g/mol. The standard InChI is InChI=1S/C25H29N3O3/c1-2-30-22-11-3-4-12-23(22)31-16-8-14-25(29)26-20-10-7-9-19(17-20)21-18-28-15-6-5-13-24(28)27-21/h3-4,7,9-12,17-18H,2,5-6,8,13-16H2,1H3,(H,26,29). The number of hydrogen-bond donors (Lipinski definition) is 1. The van der Waals surface area contributed by atoms with Crippen LogP contribution in [-0.2, 0) is 17.8 Å². The Morgan fingerprint density at radius 2 is 1.94 bits per heavy atom. The predicted molar refractivity (Wildman–Crippen MR) is 122 cm³/mol. The zero-order valence-electron chi connectivity index (χ0n) is 18.0. The van der Waals surface area contributed by atoms with Gasteiger partial charge in [0.2, 0.25) is 5.91 Å². The molecule has 0 unspecified atom stereocenters. The molecule has 0 aliphatic carbocycles.